The molecule has 3 heteroatoms. The van der Waals surface area contributed by atoms with Gasteiger partial charge in [-0.25, -0.2) is 0 Å². The van der Waals surface area contributed by atoms with Crippen molar-refractivity contribution in [3.8, 4) is 0 Å². The van der Waals surface area contributed by atoms with Gasteiger partial charge in [0, 0.05) is 12.6 Å². The molecule has 20 heavy (non-hydrogen) atoms. The Morgan fingerprint density at radius 2 is 2.00 bits per heavy atom. The lowest BCUT2D eigenvalue weighted by atomic mass is 9.84. The van der Waals surface area contributed by atoms with E-state index in [1.807, 2.05) is 0 Å². The van der Waals surface area contributed by atoms with Crippen LogP contribution in [0.5, 0.6) is 0 Å². The molecule has 1 fully saturated rings. The first-order valence-electron chi connectivity index (χ1n) is 7.90. The number of piperidine rings is 1. The van der Waals surface area contributed by atoms with E-state index in [0.717, 1.165) is 12.5 Å². The molecule has 112 valence electrons. The van der Waals surface area contributed by atoms with Crippen LogP contribution < -0.4 is 5.73 Å². The van der Waals surface area contributed by atoms with Crippen LogP contribution in [0, 0.1) is 5.92 Å². The molecule has 0 radical (unpaired) electrons. The normalized spacial score (nSPS) is 26.6. The van der Waals surface area contributed by atoms with Crippen molar-refractivity contribution >= 4 is 12.4 Å². The summed E-state index contributed by atoms with van der Waals surface area (Å²) in [4.78, 5) is 2.74. The SMILES string of the molecule is Cl.NCCC1CCCN(C2CCCc3ccccc32)C1. The predicted octanol–water partition coefficient (Wildman–Crippen LogP) is 3.55. The summed E-state index contributed by atoms with van der Waals surface area (Å²) in [6, 6.07) is 9.74. The number of nitrogens with zero attached hydrogens (tertiary/aromatic N) is 1. The first-order chi connectivity index (χ1) is 9.38. The van der Waals surface area contributed by atoms with Crippen LogP contribution in [0.2, 0.25) is 0 Å². The highest BCUT2D eigenvalue weighted by Crippen LogP contribution is 2.36. The number of rotatable bonds is 3. The summed E-state index contributed by atoms with van der Waals surface area (Å²) in [5.41, 5.74) is 8.92. The second kappa shape index (κ2) is 7.44. The summed E-state index contributed by atoms with van der Waals surface area (Å²) >= 11 is 0. The van der Waals surface area contributed by atoms with E-state index in [1.54, 1.807) is 11.1 Å². The molecule has 0 amide bonds. The Morgan fingerprint density at radius 3 is 2.85 bits per heavy atom. The van der Waals surface area contributed by atoms with Gasteiger partial charge in [0.25, 0.3) is 0 Å². The second-order valence-corrected chi connectivity index (χ2v) is 6.19. The first kappa shape index (κ1) is 15.8. The van der Waals surface area contributed by atoms with E-state index in [9.17, 15) is 0 Å². The van der Waals surface area contributed by atoms with Gasteiger partial charge in [0.2, 0.25) is 0 Å². The Balaban J connectivity index is 0.00000147. The Morgan fingerprint density at radius 1 is 1.15 bits per heavy atom. The minimum Gasteiger partial charge on any atom is -0.330 e. The van der Waals surface area contributed by atoms with Crippen LogP contribution in [-0.2, 0) is 6.42 Å². The first-order valence-corrected chi connectivity index (χ1v) is 7.90. The zero-order chi connectivity index (χ0) is 13.1. The van der Waals surface area contributed by atoms with Crippen LogP contribution in [0.1, 0.15) is 49.3 Å². The molecule has 1 saturated heterocycles. The quantitative estimate of drug-likeness (QED) is 0.924. The van der Waals surface area contributed by atoms with Crippen LogP contribution >= 0.6 is 12.4 Å². The van der Waals surface area contributed by atoms with Crippen molar-refractivity contribution < 1.29 is 0 Å². The average molecular weight is 295 g/mol. The summed E-state index contributed by atoms with van der Waals surface area (Å²) in [7, 11) is 0. The topological polar surface area (TPSA) is 29.3 Å². The molecule has 1 aliphatic carbocycles. The van der Waals surface area contributed by atoms with Crippen molar-refractivity contribution in [3.63, 3.8) is 0 Å². The van der Waals surface area contributed by atoms with E-state index >= 15 is 0 Å². The molecule has 1 aromatic carbocycles. The number of aryl methyl sites for hydroxylation is 1. The van der Waals surface area contributed by atoms with Crippen LogP contribution in [0.3, 0.4) is 0 Å². The molecular weight excluding hydrogens is 268 g/mol. The summed E-state index contributed by atoms with van der Waals surface area (Å²) in [6.45, 7) is 3.38. The van der Waals surface area contributed by atoms with Gasteiger partial charge in [-0.05, 0) is 68.7 Å². The third-order valence-corrected chi connectivity index (χ3v) is 4.90. The molecule has 2 N–H and O–H groups in total. The number of halogens is 1. The van der Waals surface area contributed by atoms with Gasteiger partial charge in [-0.3, -0.25) is 4.90 Å². The lowest BCUT2D eigenvalue weighted by molar-refractivity contribution is 0.109. The van der Waals surface area contributed by atoms with E-state index in [-0.39, 0.29) is 12.4 Å². The van der Waals surface area contributed by atoms with E-state index in [1.165, 1.54) is 51.6 Å². The Bertz CT molecular complexity index is 419. The van der Waals surface area contributed by atoms with Crippen LogP contribution in [-0.4, -0.2) is 24.5 Å². The number of fused-ring (bicyclic) bond motifs is 1. The fourth-order valence-corrected chi connectivity index (χ4v) is 3.96. The van der Waals surface area contributed by atoms with Gasteiger partial charge in [0.15, 0.2) is 0 Å². The molecule has 0 spiro atoms. The molecule has 3 rings (SSSR count). The fraction of sp³-hybridized carbons (Fsp3) is 0.647. The van der Waals surface area contributed by atoms with Gasteiger partial charge < -0.3 is 5.73 Å². The highest BCUT2D eigenvalue weighted by Gasteiger charge is 2.29. The Hall–Kier alpha value is -0.570. The van der Waals surface area contributed by atoms with Crippen molar-refractivity contribution in [3.05, 3.63) is 35.4 Å². The maximum atomic E-state index is 5.74. The summed E-state index contributed by atoms with van der Waals surface area (Å²) < 4.78 is 0. The highest BCUT2D eigenvalue weighted by molar-refractivity contribution is 5.85. The number of nitrogens with two attached hydrogens (primary N) is 1. The Kier molecular flexibility index (Phi) is 5.88. The lowest BCUT2D eigenvalue weighted by Gasteiger charge is -2.41. The van der Waals surface area contributed by atoms with Gasteiger partial charge in [0.1, 0.15) is 0 Å². The minimum absolute atomic E-state index is 0. The zero-order valence-corrected chi connectivity index (χ0v) is 13.1. The molecular formula is C17H27ClN2. The fourth-order valence-electron chi connectivity index (χ4n) is 3.96. The molecule has 2 nitrogen and oxygen atoms in total. The van der Waals surface area contributed by atoms with Gasteiger partial charge in [0.05, 0.1) is 0 Å². The van der Waals surface area contributed by atoms with Crippen LogP contribution in [0.15, 0.2) is 24.3 Å². The summed E-state index contributed by atoms with van der Waals surface area (Å²) in [5, 5.41) is 0. The van der Waals surface area contributed by atoms with Crippen molar-refractivity contribution in [2.24, 2.45) is 11.7 Å². The molecule has 0 bridgehead atoms. The van der Waals surface area contributed by atoms with Gasteiger partial charge in [-0.15, -0.1) is 12.4 Å². The third-order valence-electron chi connectivity index (χ3n) is 4.90. The predicted molar refractivity (Wildman–Crippen MR) is 87.3 cm³/mol. The number of likely N-dealkylation sites (tertiary alicyclic amines) is 1. The maximum absolute atomic E-state index is 5.74. The largest absolute Gasteiger partial charge is 0.330 e. The standard InChI is InChI=1S/C17H26N2.ClH/c18-11-10-14-5-4-12-19(13-14)17-9-3-7-15-6-1-2-8-16(15)17;/h1-2,6,8,14,17H,3-5,7,9-13,18H2;1H. The van der Waals surface area contributed by atoms with Gasteiger partial charge in [-0.1, -0.05) is 24.3 Å². The van der Waals surface area contributed by atoms with Crippen molar-refractivity contribution in [1.29, 1.82) is 0 Å². The number of benzene rings is 1. The molecule has 1 heterocycles. The smallest absolute Gasteiger partial charge is 0.0351 e. The average Bonchev–Trinajstić information content (AvgIpc) is 2.47. The molecule has 0 aromatic heterocycles. The van der Waals surface area contributed by atoms with E-state index in [2.05, 4.69) is 29.2 Å². The molecule has 2 atom stereocenters. The Labute approximate surface area is 129 Å². The van der Waals surface area contributed by atoms with E-state index < -0.39 is 0 Å². The molecule has 2 aliphatic rings. The van der Waals surface area contributed by atoms with E-state index in [0.29, 0.717) is 6.04 Å². The number of hydrogen-bond acceptors (Lipinski definition) is 2. The van der Waals surface area contributed by atoms with Gasteiger partial charge >= 0.3 is 0 Å². The van der Waals surface area contributed by atoms with Crippen LogP contribution in [0.4, 0.5) is 0 Å². The van der Waals surface area contributed by atoms with Crippen molar-refractivity contribution in [2.75, 3.05) is 19.6 Å². The monoisotopic (exact) mass is 294 g/mol. The van der Waals surface area contributed by atoms with Gasteiger partial charge in [-0.2, -0.15) is 0 Å². The second-order valence-electron chi connectivity index (χ2n) is 6.19. The maximum Gasteiger partial charge on any atom is 0.0351 e. The summed E-state index contributed by atoms with van der Waals surface area (Å²) in [5.74, 6) is 0.827. The molecule has 2 unspecified atom stereocenters. The molecule has 1 aliphatic heterocycles. The lowest BCUT2D eigenvalue weighted by Crippen LogP contribution is -2.40. The zero-order valence-electron chi connectivity index (χ0n) is 12.3. The van der Waals surface area contributed by atoms with Crippen LogP contribution in [0.25, 0.3) is 0 Å². The number of hydrogen-bond donors (Lipinski definition) is 1. The minimum atomic E-state index is 0. The summed E-state index contributed by atoms with van der Waals surface area (Å²) in [6.07, 6.45) is 7.88. The van der Waals surface area contributed by atoms with Crippen molar-refractivity contribution in [1.82, 2.24) is 4.90 Å². The highest BCUT2D eigenvalue weighted by atomic mass is 35.5. The molecule has 1 aromatic rings. The van der Waals surface area contributed by atoms with E-state index in [4.69, 9.17) is 5.73 Å². The molecule has 0 saturated carbocycles. The third kappa shape index (κ3) is 3.36. The van der Waals surface area contributed by atoms with Crippen molar-refractivity contribution in [2.45, 2.75) is 44.6 Å².